The van der Waals surface area contributed by atoms with Gasteiger partial charge in [-0.05, 0) is 37.6 Å². The fourth-order valence-corrected chi connectivity index (χ4v) is 4.32. The van der Waals surface area contributed by atoms with Crippen LogP contribution < -0.4 is 10.5 Å². The van der Waals surface area contributed by atoms with Gasteiger partial charge in [0.05, 0.1) is 16.2 Å². The number of hydrogen-bond donors (Lipinski definition) is 1. The Labute approximate surface area is 154 Å². The van der Waals surface area contributed by atoms with Gasteiger partial charge in [0.25, 0.3) is 10.0 Å². The molecule has 0 aliphatic heterocycles. The number of aryl methyl sites for hydroxylation is 1. The Bertz CT molecular complexity index is 1130. The highest BCUT2D eigenvalue weighted by Gasteiger charge is 2.22. The number of fused-ring (bicyclic) bond motifs is 1. The second-order valence-corrected chi connectivity index (χ2v) is 7.85. The van der Waals surface area contributed by atoms with Gasteiger partial charge >= 0.3 is 5.76 Å². The molecule has 3 aromatic rings. The first-order chi connectivity index (χ1) is 11.7. The van der Waals surface area contributed by atoms with Crippen LogP contribution in [0.4, 0.5) is 5.69 Å². The molecule has 1 N–H and O–H groups in total. The molecule has 2 aromatic carbocycles. The fourth-order valence-electron chi connectivity index (χ4n) is 2.49. The Balaban J connectivity index is 2.12. The van der Waals surface area contributed by atoms with E-state index in [9.17, 15) is 13.2 Å². The minimum absolute atomic E-state index is 0.0114. The third-order valence-electron chi connectivity index (χ3n) is 3.84. The Morgan fingerprint density at radius 3 is 2.60 bits per heavy atom. The number of aromatic nitrogens is 1. The lowest BCUT2D eigenvalue weighted by Crippen LogP contribution is -2.14. The van der Waals surface area contributed by atoms with Crippen LogP contribution in [0.25, 0.3) is 11.1 Å². The van der Waals surface area contributed by atoms with Crippen LogP contribution in [0.2, 0.25) is 10.0 Å². The predicted octanol–water partition coefficient (Wildman–Crippen LogP) is 4.03. The zero-order chi connectivity index (χ0) is 18.4. The molecule has 0 unspecified atom stereocenters. The van der Waals surface area contributed by atoms with Gasteiger partial charge in [-0.3, -0.25) is 9.29 Å². The summed E-state index contributed by atoms with van der Waals surface area (Å²) in [4.78, 5) is 11.6. The molecule has 1 aromatic heterocycles. The van der Waals surface area contributed by atoms with Crippen LogP contribution in [-0.2, 0) is 16.6 Å². The number of hydrogen-bond acceptors (Lipinski definition) is 4. The van der Waals surface area contributed by atoms with Crippen LogP contribution in [0.15, 0.2) is 44.4 Å². The van der Waals surface area contributed by atoms with Gasteiger partial charge in [-0.2, -0.15) is 0 Å². The second kappa shape index (κ2) is 6.40. The monoisotopic (exact) mass is 400 g/mol. The second-order valence-electron chi connectivity index (χ2n) is 5.38. The molecule has 0 saturated heterocycles. The van der Waals surface area contributed by atoms with Crippen LogP contribution in [0.5, 0.6) is 0 Å². The summed E-state index contributed by atoms with van der Waals surface area (Å²) < 4.78 is 34.4. The number of benzene rings is 2. The Hall–Kier alpha value is -1.96. The molecule has 0 fully saturated rings. The molecule has 0 bridgehead atoms. The number of oxazole rings is 1. The van der Waals surface area contributed by atoms with Crippen molar-refractivity contribution in [2.45, 2.75) is 25.3 Å². The lowest BCUT2D eigenvalue weighted by molar-refractivity contribution is 0.512. The molecule has 0 aliphatic carbocycles. The lowest BCUT2D eigenvalue weighted by atomic mass is 10.2. The van der Waals surface area contributed by atoms with E-state index < -0.39 is 15.8 Å². The maximum absolute atomic E-state index is 12.7. The standard InChI is InChI=1S/C16H14Cl2N2O4S/c1-3-20-13-7-11(18)15(8-14(13)24-16(20)21)25(22,23)19-12-6-4-5-10(17)9(12)2/h4-8,19H,3H2,1-2H3. The van der Waals surface area contributed by atoms with E-state index in [1.807, 2.05) is 0 Å². The topological polar surface area (TPSA) is 81.3 Å². The van der Waals surface area contributed by atoms with Crippen molar-refractivity contribution in [1.29, 1.82) is 0 Å². The van der Waals surface area contributed by atoms with Gasteiger partial charge in [-0.25, -0.2) is 13.2 Å². The molecular weight excluding hydrogens is 387 g/mol. The Morgan fingerprint density at radius 1 is 1.20 bits per heavy atom. The molecule has 6 nitrogen and oxygen atoms in total. The van der Waals surface area contributed by atoms with Crippen LogP contribution in [0.3, 0.4) is 0 Å². The number of anilines is 1. The van der Waals surface area contributed by atoms with E-state index in [2.05, 4.69) is 4.72 Å². The summed E-state index contributed by atoms with van der Waals surface area (Å²) in [5.74, 6) is -0.568. The van der Waals surface area contributed by atoms with Crippen molar-refractivity contribution in [1.82, 2.24) is 4.57 Å². The molecule has 0 spiro atoms. The molecule has 0 saturated carbocycles. The minimum atomic E-state index is -4.00. The molecule has 0 aliphatic rings. The van der Waals surface area contributed by atoms with Gasteiger partial charge in [0.15, 0.2) is 5.58 Å². The summed E-state index contributed by atoms with van der Waals surface area (Å²) >= 11 is 12.2. The highest BCUT2D eigenvalue weighted by Crippen LogP contribution is 2.30. The molecule has 1 heterocycles. The first-order valence-electron chi connectivity index (χ1n) is 7.35. The van der Waals surface area contributed by atoms with E-state index >= 15 is 0 Å². The first-order valence-corrected chi connectivity index (χ1v) is 9.59. The van der Waals surface area contributed by atoms with Crippen LogP contribution >= 0.6 is 23.2 Å². The van der Waals surface area contributed by atoms with Gasteiger partial charge in [-0.1, -0.05) is 29.3 Å². The van der Waals surface area contributed by atoms with Gasteiger partial charge in [0.2, 0.25) is 0 Å². The summed E-state index contributed by atoms with van der Waals surface area (Å²) in [6, 6.07) is 7.55. The van der Waals surface area contributed by atoms with Crippen molar-refractivity contribution in [3.05, 3.63) is 56.5 Å². The van der Waals surface area contributed by atoms with Gasteiger partial charge < -0.3 is 4.42 Å². The van der Waals surface area contributed by atoms with E-state index in [0.717, 1.165) is 0 Å². The van der Waals surface area contributed by atoms with E-state index in [1.165, 1.54) is 16.7 Å². The van der Waals surface area contributed by atoms with E-state index in [-0.39, 0.29) is 15.5 Å². The highest BCUT2D eigenvalue weighted by molar-refractivity contribution is 7.92. The van der Waals surface area contributed by atoms with E-state index in [4.69, 9.17) is 27.6 Å². The average molecular weight is 401 g/mol. The average Bonchev–Trinajstić information content (AvgIpc) is 2.85. The Morgan fingerprint density at radius 2 is 1.92 bits per heavy atom. The number of rotatable bonds is 4. The van der Waals surface area contributed by atoms with Crippen molar-refractivity contribution >= 4 is 50.0 Å². The number of nitrogens with zero attached hydrogens (tertiary/aromatic N) is 1. The zero-order valence-electron chi connectivity index (χ0n) is 13.3. The molecule has 0 amide bonds. The summed E-state index contributed by atoms with van der Waals surface area (Å²) in [6.45, 7) is 3.86. The number of sulfonamides is 1. The lowest BCUT2D eigenvalue weighted by Gasteiger charge is -2.12. The summed E-state index contributed by atoms with van der Waals surface area (Å²) in [5, 5.41) is 0.426. The maximum Gasteiger partial charge on any atom is 0.419 e. The van der Waals surface area contributed by atoms with Crippen LogP contribution in [0, 0.1) is 6.92 Å². The zero-order valence-corrected chi connectivity index (χ0v) is 15.7. The molecule has 0 radical (unpaired) electrons. The van der Waals surface area contributed by atoms with Gasteiger partial charge in [-0.15, -0.1) is 0 Å². The SMILES string of the molecule is CCn1c(=O)oc2cc(S(=O)(=O)Nc3cccc(Cl)c3C)c(Cl)cc21. The van der Waals surface area contributed by atoms with Gasteiger partial charge in [0.1, 0.15) is 4.90 Å². The molecule has 25 heavy (non-hydrogen) atoms. The summed E-state index contributed by atoms with van der Waals surface area (Å²) in [7, 11) is -4.00. The molecule has 9 heteroatoms. The molecule has 3 rings (SSSR count). The fraction of sp³-hybridized carbons (Fsp3) is 0.188. The van der Waals surface area contributed by atoms with Crippen molar-refractivity contribution < 1.29 is 12.8 Å². The third-order valence-corrected chi connectivity index (χ3v) is 6.08. The van der Waals surface area contributed by atoms with E-state index in [0.29, 0.717) is 28.3 Å². The van der Waals surface area contributed by atoms with Crippen LogP contribution in [-0.4, -0.2) is 13.0 Å². The largest absolute Gasteiger partial charge is 0.419 e. The minimum Gasteiger partial charge on any atom is -0.408 e. The predicted molar refractivity (Wildman–Crippen MR) is 98.2 cm³/mol. The smallest absolute Gasteiger partial charge is 0.408 e. The molecular formula is C16H14Cl2N2O4S. The number of halogens is 2. The summed E-state index contributed by atoms with van der Waals surface area (Å²) in [5.41, 5.74) is 1.53. The van der Waals surface area contributed by atoms with Gasteiger partial charge in [0, 0.05) is 17.6 Å². The van der Waals surface area contributed by atoms with Crippen molar-refractivity contribution in [2.75, 3.05) is 4.72 Å². The Kier molecular flexibility index (Phi) is 4.57. The van der Waals surface area contributed by atoms with Crippen molar-refractivity contribution in [3.8, 4) is 0 Å². The van der Waals surface area contributed by atoms with Crippen molar-refractivity contribution in [2.24, 2.45) is 0 Å². The quantitative estimate of drug-likeness (QED) is 0.716. The van der Waals surface area contributed by atoms with E-state index in [1.54, 1.807) is 32.0 Å². The molecule has 132 valence electrons. The number of nitrogens with one attached hydrogen (secondary N) is 1. The maximum atomic E-state index is 12.7. The normalized spacial score (nSPS) is 11.8. The van der Waals surface area contributed by atoms with Crippen LogP contribution in [0.1, 0.15) is 12.5 Å². The van der Waals surface area contributed by atoms with Crippen molar-refractivity contribution in [3.63, 3.8) is 0 Å². The summed E-state index contributed by atoms with van der Waals surface area (Å²) in [6.07, 6.45) is 0. The first kappa shape index (κ1) is 17.8. The highest BCUT2D eigenvalue weighted by atomic mass is 35.5. The third kappa shape index (κ3) is 3.15. The molecule has 0 atom stereocenters.